The van der Waals surface area contributed by atoms with Gasteiger partial charge in [-0.25, -0.2) is 13.2 Å². The minimum Gasteiger partial charge on any atom is -0.378 e. The summed E-state index contributed by atoms with van der Waals surface area (Å²) in [5, 5.41) is 0. The molecule has 172 valence electrons. The zero-order valence-electron chi connectivity index (χ0n) is 18.8. The zero-order valence-corrected chi connectivity index (χ0v) is 19.6. The lowest BCUT2D eigenvalue weighted by Gasteiger charge is -2.35. The van der Waals surface area contributed by atoms with Crippen molar-refractivity contribution in [2.24, 2.45) is 0 Å². The van der Waals surface area contributed by atoms with Gasteiger partial charge in [0.1, 0.15) is 6.17 Å². The molecule has 2 amide bonds. The van der Waals surface area contributed by atoms with Gasteiger partial charge >= 0.3 is 6.03 Å². The molecule has 0 radical (unpaired) electrons. The van der Waals surface area contributed by atoms with Gasteiger partial charge in [0, 0.05) is 46.0 Å². The highest BCUT2D eigenvalue weighted by atomic mass is 32.2. The molecule has 1 atom stereocenters. The number of ether oxygens (including phenoxy) is 1. The molecule has 2 aliphatic heterocycles. The second-order valence-electron chi connectivity index (χ2n) is 8.36. The number of amides is 2. The van der Waals surface area contributed by atoms with Crippen LogP contribution in [0.25, 0.3) is 0 Å². The number of nitrogens with zero attached hydrogens (tertiary/aromatic N) is 4. The predicted molar refractivity (Wildman–Crippen MR) is 123 cm³/mol. The first kappa shape index (κ1) is 22.6. The normalized spacial score (nSPS) is 19.9. The van der Waals surface area contributed by atoms with Crippen LogP contribution in [0.2, 0.25) is 0 Å². The summed E-state index contributed by atoms with van der Waals surface area (Å²) in [5.41, 5.74) is 2.77. The molecule has 32 heavy (non-hydrogen) atoms. The number of hydrogen-bond donors (Lipinski definition) is 0. The molecule has 0 bridgehead atoms. The third-order valence-electron chi connectivity index (χ3n) is 5.99. The van der Waals surface area contributed by atoms with Gasteiger partial charge in [-0.3, -0.25) is 0 Å². The highest BCUT2D eigenvalue weighted by Gasteiger charge is 2.44. The van der Waals surface area contributed by atoms with E-state index in [2.05, 4.69) is 0 Å². The number of morpholine rings is 1. The Labute approximate surface area is 190 Å². The van der Waals surface area contributed by atoms with Crippen LogP contribution in [0, 0.1) is 6.92 Å². The van der Waals surface area contributed by atoms with Crippen LogP contribution in [0.3, 0.4) is 0 Å². The molecule has 2 aromatic rings. The van der Waals surface area contributed by atoms with E-state index in [1.807, 2.05) is 50.2 Å². The van der Waals surface area contributed by atoms with E-state index in [0.29, 0.717) is 32.8 Å². The summed E-state index contributed by atoms with van der Waals surface area (Å²) in [5.74, 6) is 0. The van der Waals surface area contributed by atoms with Gasteiger partial charge in [0.25, 0.3) is 0 Å². The van der Waals surface area contributed by atoms with E-state index in [9.17, 15) is 13.2 Å². The first-order valence-electron chi connectivity index (χ1n) is 10.8. The molecular weight excluding hydrogens is 428 g/mol. The fourth-order valence-electron chi connectivity index (χ4n) is 4.13. The van der Waals surface area contributed by atoms with Gasteiger partial charge in [-0.05, 0) is 36.8 Å². The fourth-order valence-corrected chi connectivity index (χ4v) is 5.70. The fraction of sp³-hybridized carbons (Fsp3) is 0.435. The van der Waals surface area contributed by atoms with Crippen LogP contribution in [-0.4, -0.2) is 82.0 Å². The third kappa shape index (κ3) is 4.32. The molecule has 8 nitrogen and oxygen atoms in total. The van der Waals surface area contributed by atoms with Crippen LogP contribution in [0.5, 0.6) is 0 Å². The van der Waals surface area contributed by atoms with Gasteiger partial charge in [-0.2, -0.15) is 4.31 Å². The SMILES string of the molecule is Cc1ccc(S(=O)(=O)N2CCN(C(=O)N3CCOCC3)[C@@H]2c2ccc(N(C)C)cc2)cc1. The van der Waals surface area contributed by atoms with Crippen molar-refractivity contribution in [3.63, 3.8) is 0 Å². The largest absolute Gasteiger partial charge is 0.378 e. The topological polar surface area (TPSA) is 73.4 Å². The molecule has 0 spiro atoms. The first-order chi connectivity index (χ1) is 15.3. The van der Waals surface area contributed by atoms with Crippen LogP contribution < -0.4 is 4.90 Å². The van der Waals surface area contributed by atoms with Crippen LogP contribution in [-0.2, 0) is 14.8 Å². The lowest BCUT2D eigenvalue weighted by atomic mass is 10.1. The maximum absolute atomic E-state index is 13.6. The van der Waals surface area contributed by atoms with E-state index in [1.165, 1.54) is 4.31 Å². The monoisotopic (exact) mass is 458 g/mol. The van der Waals surface area contributed by atoms with Crippen molar-refractivity contribution in [1.29, 1.82) is 0 Å². The Hall–Kier alpha value is -2.62. The molecule has 2 heterocycles. The van der Waals surface area contributed by atoms with Crippen molar-refractivity contribution in [2.45, 2.75) is 18.0 Å². The Morgan fingerprint density at radius 2 is 1.56 bits per heavy atom. The maximum atomic E-state index is 13.6. The molecule has 4 rings (SSSR count). The van der Waals surface area contributed by atoms with E-state index >= 15 is 0 Å². The minimum absolute atomic E-state index is 0.156. The molecule has 0 saturated carbocycles. The number of urea groups is 1. The van der Waals surface area contributed by atoms with Gasteiger partial charge in [0.05, 0.1) is 18.1 Å². The Kier molecular flexibility index (Phi) is 6.41. The first-order valence-corrected chi connectivity index (χ1v) is 12.2. The Bertz CT molecular complexity index is 1050. The third-order valence-corrected chi connectivity index (χ3v) is 7.86. The quantitative estimate of drug-likeness (QED) is 0.704. The number of carbonyl (C=O) groups excluding carboxylic acids is 1. The van der Waals surface area contributed by atoms with Gasteiger partial charge in [-0.15, -0.1) is 0 Å². The highest BCUT2D eigenvalue weighted by Crippen LogP contribution is 2.36. The van der Waals surface area contributed by atoms with Crippen LogP contribution in [0.4, 0.5) is 10.5 Å². The van der Waals surface area contributed by atoms with Crippen molar-refractivity contribution < 1.29 is 17.9 Å². The van der Waals surface area contributed by atoms with Gasteiger partial charge in [0.15, 0.2) is 0 Å². The number of anilines is 1. The predicted octanol–water partition coefficient (Wildman–Crippen LogP) is 2.52. The molecule has 0 N–H and O–H groups in total. The van der Waals surface area contributed by atoms with E-state index in [4.69, 9.17) is 4.74 Å². The average molecular weight is 459 g/mol. The van der Waals surface area contributed by atoms with Crippen molar-refractivity contribution in [1.82, 2.24) is 14.1 Å². The van der Waals surface area contributed by atoms with Crippen molar-refractivity contribution in [2.75, 3.05) is 58.4 Å². The summed E-state index contributed by atoms with van der Waals surface area (Å²) >= 11 is 0. The summed E-state index contributed by atoms with van der Waals surface area (Å²) in [7, 11) is 0.112. The van der Waals surface area contributed by atoms with Gasteiger partial charge in [-0.1, -0.05) is 29.8 Å². The molecule has 0 unspecified atom stereocenters. The maximum Gasteiger partial charge on any atom is 0.321 e. The van der Waals surface area contributed by atoms with Gasteiger partial charge in [0.2, 0.25) is 10.0 Å². The highest BCUT2D eigenvalue weighted by molar-refractivity contribution is 7.89. The molecule has 2 fully saturated rings. The number of carbonyl (C=O) groups is 1. The van der Waals surface area contributed by atoms with E-state index in [-0.39, 0.29) is 17.5 Å². The second kappa shape index (κ2) is 9.09. The average Bonchev–Trinajstić information content (AvgIpc) is 3.25. The summed E-state index contributed by atoms with van der Waals surface area (Å²) in [6.45, 7) is 4.50. The smallest absolute Gasteiger partial charge is 0.321 e. The Balaban J connectivity index is 1.71. The van der Waals surface area contributed by atoms with E-state index < -0.39 is 16.2 Å². The van der Waals surface area contributed by atoms with Crippen molar-refractivity contribution >= 4 is 21.7 Å². The standard InChI is InChI=1S/C23H30N4O4S/c1-18-4-10-21(11-5-18)32(29,30)27-13-12-26(23(28)25-14-16-31-17-15-25)22(27)19-6-8-20(9-7-19)24(2)3/h4-11,22H,12-17H2,1-3H3/t22-/m0/s1. The van der Waals surface area contributed by atoms with Crippen molar-refractivity contribution in [3.05, 3.63) is 59.7 Å². The van der Waals surface area contributed by atoms with Crippen LogP contribution in [0.15, 0.2) is 53.4 Å². The van der Waals surface area contributed by atoms with E-state index in [0.717, 1.165) is 16.8 Å². The van der Waals surface area contributed by atoms with Crippen LogP contribution >= 0.6 is 0 Å². The second-order valence-corrected chi connectivity index (χ2v) is 10.3. The van der Waals surface area contributed by atoms with E-state index in [1.54, 1.807) is 34.1 Å². The Morgan fingerprint density at radius 1 is 0.938 bits per heavy atom. The lowest BCUT2D eigenvalue weighted by Crippen LogP contribution is -2.49. The molecular formula is C23H30N4O4S. The summed E-state index contributed by atoms with van der Waals surface area (Å²) < 4.78 is 34.0. The summed E-state index contributed by atoms with van der Waals surface area (Å²) in [4.78, 5) is 19.0. The molecule has 2 aliphatic rings. The molecule has 0 aliphatic carbocycles. The number of rotatable bonds is 4. The summed E-state index contributed by atoms with van der Waals surface area (Å²) in [6, 6.07) is 14.4. The minimum atomic E-state index is -3.79. The lowest BCUT2D eigenvalue weighted by molar-refractivity contribution is 0.0400. The number of hydrogen-bond acceptors (Lipinski definition) is 5. The van der Waals surface area contributed by atoms with Crippen LogP contribution in [0.1, 0.15) is 17.3 Å². The van der Waals surface area contributed by atoms with Crippen molar-refractivity contribution in [3.8, 4) is 0 Å². The number of benzene rings is 2. The number of aryl methyl sites for hydroxylation is 1. The molecule has 9 heteroatoms. The summed E-state index contributed by atoms with van der Waals surface area (Å²) in [6.07, 6.45) is -0.701. The molecule has 0 aromatic heterocycles. The Morgan fingerprint density at radius 3 is 2.16 bits per heavy atom. The zero-order chi connectivity index (χ0) is 22.9. The molecule has 2 aromatic carbocycles. The number of sulfonamides is 1. The van der Waals surface area contributed by atoms with Gasteiger partial charge < -0.3 is 19.4 Å². The molecule has 2 saturated heterocycles.